The van der Waals surface area contributed by atoms with Gasteiger partial charge >= 0.3 is 0 Å². The minimum absolute atomic E-state index is 0.0378. The highest BCUT2D eigenvalue weighted by Crippen LogP contribution is 2.30. The Balaban J connectivity index is 3.32. The maximum absolute atomic E-state index is 6.25. The molecular formula is C14H27N3. The van der Waals surface area contributed by atoms with Crippen LogP contribution in [0, 0.1) is 5.92 Å². The van der Waals surface area contributed by atoms with Gasteiger partial charge in [-0.3, -0.25) is 0 Å². The lowest BCUT2D eigenvalue weighted by Crippen LogP contribution is -2.21. The van der Waals surface area contributed by atoms with E-state index in [4.69, 9.17) is 10.7 Å². The van der Waals surface area contributed by atoms with Crippen molar-refractivity contribution in [2.24, 2.45) is 5.92 Å². The van der Waals surface area contributed by atoms with Crippen molar-refractivity contribution < 1.29 is 0 Å². The Hall–Kier alpha value is -0.990. The van der Waals surface area contributed by atoms with Gasteiger partial charge in [0.15, 0.2) is 0 Å². The Morgan fingerprint density at radius 2 is 1.71 bits per heavy atom. The Morgan fingerprint density at radius 1 is 1.18 bits per heavy atom. The first kappa shape index (κ1) is 14.1. The fraction of sp³-hybridized carbons (Fsp3) is 0.786. The molecule has 0 atom stereocenters. The van der Waals surface area contributed by atoms with Gasteiger partial charge in [0.1, 0.15) is 11.6 Å². The lowest BCUT2D eigenvalue weighted by molar-refractivity contribution is 0.454. The fourth-order valence-corrected chi connectivity index (χ4v) is 2.03. The van der Waals surface area contributed by atoms with E-state index in [-0.39, 0.29) is 5.41 Å². The van der Waals surface area contributed by atoms with Gasteiger partial charge in [-0.2, -0.15) is 0 Å². The van der Waals surface area contributed by atoms with Gasteiger partial charge in [-0.25, -0.2) is 4.98 Å². The summed E-state index contributed by atoms with van der Waals surface area (Å²) in [6.07, 6.45) is 0. The molecule has 0 bridgehead atoms. The Labute approximate surface area is 105 Å². The van der Waals surface area contributed by atoms with Crippen molar-refractivity contribution in [1.29, 1.82) is 0 Å². The van der Waals surface area contributed by atoms with Crippen LogP contribution in [0.5, 0.6) is 0 Å². The summed E-state index contributed by atoms with van der Waals surface area (Å²) in [6.45, 7) is 16.2. The highest BCUT2D eigenvalue weighted by molar-refractivity contribution is 5.41. The minimum Gasteiger partial charge on any atom is -0.384 e. The van der Waals surface area contributed by atoms with Crippen LogP contribution in [0.3, 0.4) is 0 Å². The molecule has 98 valence electrons. The van der Waals surface area contributed by atoms with E-state index >= 15 is 0 Å². The fourth-order valence-electron chi connectivity index (χ4n) is 2.03. The molecule has 0 fully saturated rings. The molecular weight excluding hydrogens is 210 g/mol. The minimum atomic E-state index is 0.0378. The molecule has 0 saturated heterocycles. The first-order chi connectivity index (χ1) is 7.64. The molecule has 1 aromatic rings. The molecule has 17 heavy (non-hydrogen) atoms. The van der Waals surface area contributed by atoms with E-state index in [0.717, 1.165) is 23.9 Å². The molecule has 0 radical (unpaired) electrons. The van der Waals surface area contributed by atoms with E-state index in [2.05, 4.69) is 53.0 Å². The van der Waals surface area contributed by atoms with Gasteiger partial charge in [0.25, 0.3) is 0 Å². The summed E-state index contributed by atoms with van der Waals surface area (Å²) >= 11 is 0. The predicted octanol–water partition coefficient (Wildman–Crippen LogP) is 3.54. The highest BCUT2D eigenvalue weighted by Gasteiger charge is 2.25. The molecule has 0 unspecified atom stereocenters. The van der Waals surface area contributed by atoms with Crippen molar-refractivity contribution >= 4 is 5.82 Å². The molecule has 1 rings (SSSR count). The average molecular weight is 237 g/mol. The number of nitrogens with two attached hydrogens (primary N) is 1. The highest BCUT2D eigenvalue weighted by atomic mass is 15.2. The van der Waals surface area contributed by atoms with Crippen LogP contribution < -0.4 is 5.73 Å². The molecule has 0 saturated carbocycles. The molecule has 0 spiro atoms. The third-order valence-electron chi connectivity index (χ3n) is 2.80. The van der Waals surface area contributed by atoms with Crippen LogP contribution in [0.15, 0.2) is 0 Å². The quantitative estimate of drug-likeness (QED) is 0.873. The molecule has 1 aromatic heterocycles. The summed E-state index contributed by atoms with van der Waals surface area (Å²) in [5.41, 5.74) is 7.33. The van der Waals surface area contributed by atoms with Gasteiger partial charge in [-0.05, 0) is 11.8 Å². The number of anilines is 1. The van der Waals surface area contributed by atoms with Gasteiger partial charge in [0, 0.05) is 12.0 Å². The number of nitrogen functional groups attached to an aromatic ring is 1. The monoisotopic (exact) mass is 237 g/mol. The predicted molar refractivity (Wildman–Crippen MR) is 74.3 cm³/mol. The van der Waals surface area contributed by atoms with E-state index in [9.17, 15) is 0 Å². The second kappa shape index (κ2) is 4.71. The van der Waals surface area contributed by atoms with E-state index in [0.29, 0.717) is 11.8 Å². The van der Waals surface area contributed by atoms with Gasteiger partial charge < -0.3 is 10.3 Å². The Morgan fingerprint density at radius 3 is 2.06 bits per heavy atom. The van der Waals surface area contributed by atoms with Crippen molar-refractivity contribution in [3.63, 3.8) is 0 Å². The molecule has 3 heteroatoms. The maximum Gasteiger partial charge on any atom is 0.127 e. The number of aromatic nitrogens is 2. The normalized spacial score (nSPS) is 12.8. The van der Waals surface area contributed by atoms with Gasteiger partial charge in [-0.1, -0.05) is 48.5 Å². The molecule has 0 aliphatic heterocycles. The zero-order valence-corrected chi connectivity index (χ0v) is 12.3. The topological polar surface area (TPSA) is 43.8 Å². The molecule has 0 aliphatic rings. The van der Waals surface area contributed by atoms with Crippen LogP contribution in [-0.2, 0) is 12.0 Å². The summed E-state index contributed by atoms with van der Waals surface area (Å²) in [6, 6.07) is 0. The van der Waals surface area contributed by atoms with E-state index < -0.39 is 0 Å². The first-order valence-electron chi connectivity index (χ1n) is 6.51. The lowest BCUT2D eigenvalue weighted by Gasteiger charge is -2.21. The van der Waals surface area contributed by atoms with Crippen molar-refractivity contribution in [2.45, 2.75) is 66.3 Å². The van der Waals surface area contributed by atoms with E-state index in [1.54, 1.807) is 0 Å². The third kappa shape index (κ3) is 3.02. The number of rotatable bonds is 3. The second-order valence-corrected chi connectivity index (χ2v) is 6.62. The number of nitrogens with zero attached hydrogens (tertiary/aromatic N) is 2. The Bertz CT molecular complexity index is 381. The molecule has 0 aromatic carbocycles. The van der Waals surface area contributed by atoms with Crippen LogP contribution >= 0.6 is 0 Å². The molecule has 0 aliphatic carbocycles. The van der Waals surface area contributed by atoms with Crippen LogP contribution in [0.2, 0.25) is 0 Å². The molecule has 2 N–H and O–H groups in total. The van der Waals surface area contributed by atoms with Gasteiger partial charge in [0.05, 0.1) is 5.69 Å². The van der Waals surface area contributed by atoms with Crippen LogP contribution in [0.4, 0.5) is 5.82 Å². The van der Waals surface area contributed by atoms with Crippen molar-refractivity contribution in [1.82, 2.24) is 9.55 Å². The molecule has 3 nitrogen and oxygen atoms in total. The zero-order chi connectivity index (χ0) is 13.4. The van der Waals surface area contributed by atoms with Crippen LogP contribution in [-0.4, -0.2) is 9.55 Å². The van der Waals surface area contributed by atoms with Crippen molar-refractivity contribution in [2.75, 3.05) is 5.73 Å². The molecule has 1 heterocycles. The smallest absolute Gasteiger partial charge is 0.127 e. The summed E-state index contributed by atoms with van der Waals surface area (Å²) in [5, 5.41) is 0. The van der Waals surface area contributed by atoms with Crippen molar-refractivity contribution in [3.8, 4) is 0 Å². The summed E-state index contributed by atoms with van der Waals surface area (Å²) < 4.78 is 2.19. The largest absolute Gasteiger partial charge is 0.384 e. The number of hydrogen-bond donors (Lipinski definition) is 1. The number of hydrogen-bond acceptors (Lipinski definition) is 2. The van der Waals surface area contributed by atoms with Crippen LogP contribution in [0.25, 0.3) is 0 Å². The lowest BCUT2D eigenvalue weighted by atomic mass is 9.95. The number of imidazole rings is 1. The van der Waals surface area contributed by atoms with E-state index in [1.807, 2.05) is 0 Å². The standard InChI is InChI=1S/C14H27N3/c1-9(2)8-17-12(15)11(10(3)4)16-13(17)14(5,6)7/h9-10H,8,15H2,1-7H3. The van der Waals surface area contributed by atoms with E-state index in [1.165, 1.54) is 0 Å². The van der Waals surface area contributed by atoms with Gasteiger partial charge in [-0.15, -0.1) is 0 Å². The SMILES string of the molecule is CC(C)Cn1c(C(C)(C)C)nc(C(C)C)c1N. The summed E-state index contributed by atoms with van der Waals surface area (Å²) in [7, 11) is 0. The first-order valence-corrected chi connectivity index (χ1v) is 6.51. The second-order valence-electron chi connectivity index (χ2n) is 6.62. The van der Waals surface area contributed by atoms with Gasteiger partial charge in [0.2, 0.25) is 0 Å². The van der Waals surface area contributed by atoms with Crippen molar-refractivity contribution in [3.05, 3.63) is 11.5 Å². The average Bonchev–Trinajstić information content (AvgIpc) is 2.42. The third-order valence-corrected chi connectivity index (χ3v) is 2.80. The summed E-state index contributed by atoms with van der Waals surface area (Å²) in [4.78, 5) is 4.77. The Kier molecular flexibility index (Phi) is 3.90. The zero-order valence-electron chi connectivity index (χ0n) is 12.3. The van der Waals surface area contributed by atoms with Crippen LogP contribution in [0.1, 0.15) is 65.9 Å². The molecule has 0 amide bonds. The summed E-state index contributed by atoms with van der Waals surface area (Å²) in [5.74, 6) is 2.91. The maximum atomic E-state index is 6.25.